The number of nitrogens with zero attached hydrogens (tertiary/aromatic N) is 2. The summed E-state index contributed by atoms with van der Waals surface area (Å²) in [6.07, 6.45) is 10.9. The number of piperidine rings is 1. The van der Waals surface area contributed by atoms with Crippen molar-refractivity contribution in [2.45, 2.75) is 70.8 Å². The average molecular weight is 514 g/mol. The summed E-state index contributed by atoms with van der Waals surface area (Å²) in [7, 11) is 0. The maximum absolute atomic E-state index is 11.9. The molecule has 31 heavy (non-hydrogen) atoms. The van der Waals surface area contributed by atoms with Crippen molar-refractivity contribution in [3.05, 3.63) is 33.3 Å². The Morgan fingerprint density at radius 1 is 1.16 bits per heavy atom. The summed E-state index contributed by atoms with van der Waals surface area (Å²) in [6, 6.07) is 6.44. The molecular weight excluding hydrogens is 476 g/mol. The van der Waals surface area contributed by atoms with E-state index in [2.05, 4.69) is 33.0 Å². The van der Waals surface area contributed by atoms with Crippen LogP contribution in [0.25, 0.3) is 0 Å². The Bertz CT molecular complexity index is 701. The van der Waals surface area contributed by atoms with Crippen molar-refractivity contribution in [2.24, 2.45) is 11.8 Å². The molecule has 174 valence electrons. The first-order valence-electron chi connectivity index (χ1n) is 12.1. The highest BCUT2D eigenvalue weighted by Crippen LogP contribution is 2.31. The molecule has 1 aliphatic carbocycles. The Kier molecular flexibility index (Phi) is 10.1. The van der Waals surface area contributed by atoms with E-state index in [1.165, 1.54) is 68.2 Å². The second-order valence-electron chi connectivity index (χ2n) is 9.38. The molecule has 0 bridgehead atoms. The number of amides is 1. The maximum atomic E-state index is 11.9. The van der Waals surface area contributed by atoms with Crippen LogP contribution in [0.15, 0.2) is 22.7 Å². The predicted molar refractivity (Wildman–Crippen MR) is 131 cm³/mol. The summed E-state index contributed by atoms with van der Waals surface area (Å²) in [5, 5.41) is 9.99. The zero-order chi connectivity index (χ0) is 22.2. The SMILES string of the molecule is CCN(C(=O)CO)C1CCC(CCCN2CCC(Cc3cc(Cl)ccc3Br)CC2)CC1. The van der Waals surface area contributed by atoms with Crippen molar-refractivity contribution in [2.75, 3.05) is 32.8 Å². The van der Waals surface area contributed by atoms with E-state index in [1.54, 1.807) is 0 Å². The lowest BCUT2D eigenvalue weighted by Gasteiger charge is -2.36. The van der Waals surface area contributed by atoms with E-state index in [4.69, 9.17) is 16.7 Å². The van der Waals surface area contributed by atoms with Gasteiger partial charge in [0.15, 0.2) is 0 Å². The lowest BCUT2D eigenvalue weighted by molar-refractivity contribution is -0.137. The molecule has 3 rings (SSSR count). The molecule has 1 heterocycles. The van der Waals surface area contributed by atoms with E-state index in [9.17, 15) is 4.79 Å². The molecule has 1 saturated carbocycles. The van der Waals surface area contributed by atoms with Crippen molar-refractivity contribution in [1.82, 2.24) is 9.80 Å². The molecule has 2 fully saturated rings. The minimum atomic E-state index is -0.360. The summed E-state index contributed by atoms with van der Waals surface area (Å²) in [5.41, 5.74) is 1.34. The first-order chi connectivity index (χ1) is 15.0. The van der Waals surface area contributed by atoms with Gasteiger partial charge >= 0.3 is 0 Å². The molecule has 1 aromatic rings. The van der Waals surface area contributed by atoms with Gasteiger partial charge < -0.3 is 14.9 Å². The molecule has 6 heteroatoms. The van der Waals surface area contributed by atoms with Crippen LogP contribution in [0.3, 0.4) is 0 Å². The standard InChI is InChI=1S/C25H38BrClN2O2/c1-2-29(25(31)18-30)23-8-5-19(6-9-23)4-3-13-28-14-11-20(12-15-28)16-21-17-22(27)7-10-24(21)26/h7,10,17,19-20,23,30H,2-6,8-9,11-16,18H2,1H3. The lowest BCUT2D eigenvalue weighted by atomic mass is 9.82. The van der Waals surface area contributed by atoms with Crippen molar-refractivity contribution in [1.29, 1.82) is 0 Å². The topological polar surface area (TPSA) is 43.8 Å². The molecule has 0 atom stereocenters. The third-order valence-corrected chi connectivity index (χ3v) is 8.37. The van der Waals surface area contributed by atoms with E-state index >= 15 is 0 Å². The maximum Gasteiger partial charge on any atom is 0.248 e. The van der Waals surface area contributed by atoms with Gasteiger partial charge in [-0.05, 0) is 120 Å². The van der Waals surface area contributed by atoms with Gasteiger partial charge in [0.1, 0.15) is 6.61 Å². The molecule has 0 spiro atoms. The molecule has 0 unspecified atom stereocenters. The van der Waals surface area contributed by atoms with E-state index in [1.807, 2.05) is 17.9 Å². The molecule has 1 N–H and O–H groups in total. The largest absolute Gasteiger partial charge is 0.387 e. The second kappa shape index (κ2) is 12.6. The quantitative estimate of drug-likeness (QED) is 0.472. The Balaban J connectivity index is 1.31. The number of halogens is 2. The first kappa shape index (κ1) is 25.0. The van der Waals surface area contributed by atoms with Crippen molar-refractivity contribution in [3.8, 4) is 0 Å². The Hall–Kier alpha value is -0.620. The monoisotopic (exact) mass is 512 g/mol. The zero-order valence-electron chi connectivity index (χ0n) is 18.9. The summed E-state index contributed by atoms with van der Waals surface area (Å²) < 4.78 is 1.18. The Labute approximate surface area is 201 Å². The molecule has 0 radical (unpaired) electrons. The minimum Gasteiger partial charge on any atom is -0.387 e. The number of aliphatic hydroxyl groups is 1. The van der Waals surface area contributed by atoms with Crippen molar-refractivity contribution >= 4 is 33.4 Å². The zero-order valence-corrected chi connectivity index (χ0v) is 21.2. The summed E-state index contributed by atoms with van der Waals surface area (Å²) in [6.45, 7) is 6.00. The minimum absolute atomic E-state index is 0.114. The highest BCUT2D eigenvalue weighted by Gasteiger charge is 2.27. The number of hydrogen-bond acceptors (Lipinski definition) is 3. The highest BCUT2D eigenvalue weighted by molar-refractivity contribution is 9.10. The summed E-state index contributed by atoms with van der Waals surface area (Å²) in [4.78, 5) is 16.4. The molecular formula is C25H38BrClN2O2. The van der Waals surface area contributed by atoms with Gasteiger partial charge in [-0.3, -0.25) is 4.79 Å². The lowest BCUT2D eigenvalue weighted by Crippen LogP contribution is -2.43. The van der Waals surface area contributed by atoms with Gasteiger partial charge in [0, 0.05) is 22.1 Å². The number of aliphatic hydroxyl groups excluding tert-OH is 1. The molecule has 1 amide bonds. The summed E-state index contributed by atoms with van der Waals surface area (Å²) in [5.74, 6) is 1.44. The molecule has 1 saturated heterocycles. The van der Waals surface area contributed by atoms with Gasteiger partial charge in [-0.25, -0.2) is 0 Å². The van der Waals surface area contributed by atoms with Gasteiger partial charge in [-0.15, -0.1) is 0 Å². The number of likely N-dealkylation sites (N-methyl/N-ethyl adjacent to an activating group) is 1. The van der Waals surface area contributed by atoms with Crippen LogP contribution < -0.4 is 0 Å². The third kappa shape index (κ3) is 7.45. The van der Waals surface area contributed by atoms with Crippen LogP contribution in [0.1, 0.15) is 63.9 Å². The molecule has 1 aliphatic heterocycles. The number of rotatable bonds is 9. The van der Waals surface area contributed by atoms with Crippen LogP contribution in [0.5, 0.6) is 0 Å². The van der Waals surface area contributed by atoms with Gasteiger partial charge in [-0.1, -0.05) is 27.5 Å². The Morgan fingerprint density at radius 3 is 2.52 bits per heavy atom. The summed E-state index contributed by atoms with van der Waals surface area (Å²) >= 11 is 9.84. The van der Waals surface area contributed by atoms with Crippen LogP contribution in [0, 0.1) is 11.8 Å². The highest BCUT2D eigenvalue weighted by atomic mass is 79.9. The number of benzene rings is 1. The Morgan fingerprint density at radius 2 is 1.87 bits per heavy atom. The van der Waals surface area contributed by atoms with Crippen LogP contribution in [-0.4, -0.2) is 59.6 Å². The van der Waals surface area contributed by atoms with E-state index in [0.29, 0.717) is 12.6 Å². The predicted octanol–water partition coefficient (Wildman–Crippen LogP) is 5.54. The molecule has 1 aromatic carbocycles. The second-order valence-corrected chi connectivity index (χ2v) is 10.7. The van der Waals surface area contributed by atoms with Gasteiger partial charge in [-0.2, -0.15) is 0 Å². The number of likely N-dealkylation sites (tertiary alicyclic amines) is 1. The third-order valence-electron chi connectivity index (χ3n) is 7.36. The molecule has 4 nitrogen and oxygen atoms in total. The number of carbonyl (C=O) groups is 1. The van der Waals surface area contributed by atoms with Crippen molar-refractivity contribution in [3.63, 3.8) is 0 Å². The smallest absolute Gasteiger partial charge is 0.248 e. The van der Waals surface area contributed by atoms with Crippen LogP contribution in [-0.2, 0) is 11.2 Å². The molecule has 0 aromatic heterocycles. The van der Waals surface area contributed by atoms with Crippen LogP contribution in [0.2, 0.25) is 5.02 Å². The van der Waals surface area contributed by atoms with Crippen LogP contribution in [0.4, 0.5) is 0 Å². The number of hydrogen-bond donors (Lipinski definition) is 1. The van der Waals surface area contributed by atoms with Gasteiger partial charge in [0.2, 0.25) is 5.91 Å². The first-order valence-corrected chi connectivity index (χ1v) is 13.2. The fourth-order valence-electron chi connectivity index (χ4n) is 5.50. The normalized spacial score (nSPS) is 23.1. The van der Waals surface area contributed by atoms with Crippen molar-refractivity contribution < 1.29 is 9.90 Å². The van der Waals surface area contributed by atoms with E-state index in [0.717, 1.165) is 36.1 Å². The van der Waals surface area contributed by atoms with Crippen LogP contribution >= 0.6 is 27.5 Å². The molecule has 2 aliphatic rings. The number of carbonyl (C=O) groups excluding carboxylic acids is 1. The van der Waals surface area contributed by atoms with E-state index in [-0.39, 0.29) is 12.5 Å². The van der Waals surface area contributed by atoms with E-state index < -0.39 is 0 Å². The van der Waals surface area contributed by atoms with Gasteiger partial charge in [0.05, 0.1) is 0 Å². The average Bonchev–Trinajstić information content (AvgIpc) is 2.79. The van der Waals surface area contributed by atoms with Gasteiger partial charge in [0.25, 0.3) is 0 Å². The fourth-order valence-corrected chi connectivity index (χ4v) is 6.11. The fraction of sp³-hybridized carbons (Fsp3) is 0.720.